The quantitative estimate of drug-likeness (QED) is 0.738. The highest BCUT2D eigenvalue weighted by Crippen LogP contribution is 2.36. The maximum absolute atomic E-state index is 12.9. The predicted molar refractivity (Wildman–Crippen MR) is 105 cm³/mol. The van der Waals surface area contributed by atoms with E-state index in [9.17, 15) is 14.4 Å². The van der Waals surface area contributed by atoms with E-state index in [0.29, 0.717) is 11.8 Å². The van der Waals surface area contributed by atoms with Gasteiger partial charge in [-0.25, -0.2) is 4.79 Å². The van der Waals surface area contributed by atoms with E-state index in [0.717, 1.165) is 42.9 Å². The lowest BCUT2D eigenvalue weighted by Crippen LogP contribution is -2.61. The smallest absolute Gasteiger partial charge is 0.329 e. The molecule has 1 aromatic heterocycles. The Bertz CT molecular complexity index is 1030. The summed E-state index contributed by atoms with van der Waals surface area (Å²) in [6.07, 6.45) is 3.05. The molecule has 3 fully saturated rings. The molecule has 1 atom stereocenters. The average molecular weight is 383 g/mol. The summed E-state index contributed by atoms with van der Waals surface area (Å²) in [5.41, 5.74) is 2.84. The van der Waals surface area contributed by atoms with E-state index in [2.05, 4.69) is 27.7 Å². The number of hydrogen-bond acceptors (Lipinski definition) is 5. The van der Waals surface area contributed by atoms with Crippen LogP contribution in [0.25, 0.3) is 11.0 Å². The van der Waals surface area contributed by atoms with Crippen LogP contribution in [0.5, 0.6) is 0 Å². The van der Waals surface area contributed by atoms with E-state index in [4.69, 9.17) is 0 Å². The Kier molecular flexibility index (Phi) is 3.87. The number of fused-ring (bicyclic) bond motifs is 1. The largest absolute Gasteiger partial charge is 0.371 e. The monoisotopic (exact) mass is 383 g/mol. The Hall–Kier alpha value is -2.61. The van der Waals surface area contributed by atoms with Crippen molar-refractivity contribution in [3.8, 4) is 0 Å². The number of hydrogen-bond donors (Lipinski definition) is 2. The first-order valence-corrected chi connectivity index (χ1v) is 9.98. The number of aryl methyl sites for hydroxylation is 1. The molecule has 3 saturated heterocycles. The standard InChI is InChI=1S/C20H25N5O3/c1-23-16-9-13(24-8-2-7-20(12-24)10-21-11-20)3-4-14(16)25(19(23)28)15-5-6-17(26)22-18(15)27/h3-4,9,15,21H,2,5-8,10-12H2,1H3,(H,22,26,27). The van der Waals surface area contributed by atoms with Gasteiger partial charge in [0.05, 0.1) is 11.0 Å². The zero-order valence-corrected chi connectivity index (χ0v) is 16.0. The summed E-state index contributed by atoms with van der Waals surface area (Å²) in [4.78, 5) is 39.1. The van der Waals surface area contributed by atoms with Crippen LogP contribution < -0.4 is 21.2 Å². The molecule has 1 aromatic carbocycles. The zero-order valence-electron chi connectivity index (χ0n) is 16.0. The second kappa shape index (κ2) is 6.20. The van der Waals surface area contributed by atoms with Crippen molar-refractivity contribution in [3.05, 3.63) is 28.7 Å². The average Bonchev–Trinajstić information content (AvgIpc) is 2.91. The van der Waals surface area contributed by atoms with Gasteiger partial charge in [-0.05, 0) is 37.5 Å². The lowest BCUT2D eigenvalue weighted by atomic mass is 9.75. The van der Waals surface area contributed by atoms with E-state index in [1.54, 1.807) is 11.6 Å². The van der Waals surface area contributed by atoms with Gasteiger partial charge in [-0.1, -0.05) is 0 Å². The molecule has 2 aromatic rings. The number of piperidine rings is 2. The van der Waals surface area contributed by atoms with Gasteiger partial charge in [0, 0.05) is 50.7 Å². The Morgan fingerprint density at radius 2 is 1.96 bits per heavy atom. The molecule has 2 amide bonds. The molecule has 0 aliphatic carbocycles. The molecule has 1 unspecified atom stereocenters. The minimum atomic E-state index is -0.640. The SMILES string of the molecule is Cn1c(=O)n(C2CCC(=O)NC2=O)c2ccc(N3CCCC4(CNC4)C3)cc21. The number of anilines is 1. The van der Waals surface area contributed by atoms with Gasteiger partial charge < -0.3 is 10.2 Å². The number of carbonyl (C=O) groups is 2. The first-order valence-electron chi connectivity index (χ1n) is 9.98. The number of benzene rings is 1. The lowest BCUT2D eigenvalue weighted by molar-refractivity contribution is -0.135. The van der Waals surface area contributed by atoms with E-state index >= 15 is 0 Å². The third-order valence-corrected chi connectivity index (χ3v) is 6.62. The van der Waals surface area contributed by atoms with Gasteiger partial charge in [0.25, 0.3) is 0 Å². The van der Waals surface area contributed by atoms with Crippen LogP contribution in [-0.4, -0.2) is 47.1 Å². The van der Waals surface area contributed by atoms with Gasteiger partial charge in [-0.2, -0.15) is 0 Å². The van der Waals surface area contributed by atoms with E-state index < -0.39 is 11.9 Å². The molecular weight excluding hydrogens is 358 g/mol. The first-order chi connectivity index (χ1) is 13.5. The highest BCUT2D eigenvalue weighted by molar-refractivity contribution is 6.00. The molecule has 8 heteroatoms. The normalized spacial score (nSPS) is 24.5. The third kappa shape index (κ3) is 2.58. The summed E-state index contributed by atoms with van der Waals surface area (Å²) >= 11 is 0. The highest BCUT2D eigenvalue weighted by atomic mass is 16.2. The zero-order chi connectivity index (χ0) is 19.5. The Balaban J connectivity index is 1.53. The molecule has 1 spiro atoms. The molecule has 4 heterocycles. The van der Waals surface area contributed by atoms with Crippen LogP contribution in [0, 0.1) is 5.41 Å². The molecule has 2 N–H and O–H groups in total. The van der Waals surface area contributed by atoms with Crippen LogP contribution in [0.1, 0.15) is 31.7 Å². The van der Waals surface area contributed by atoms with Crippen molar-refractivity contribution in [3.63, 3.8) is 0 Å². The van der Waals surface area contributed by atoms with Crippen molar-refractivity contribution in [2.24, 2.45) is 12.5 Å². The van der Waals surface area contributed by atoms with E-state index in [-0.39, 0.29) is 18.0 Å². The predicted octanol–water partition coefficient (Wildman–Crippen LogP) is 0.508. The molecule has 3 aliphatic rings. The fourth-order valence-electron chi connectivity index (χ4n) is 4.97. The van der Waals surface area contributed by atoms with Crippen LogP contribution in [0.3, 0.4) is 0 Å². The third-order valence-electron chi connectivity index (χ3n) is 6.62. The Morgan fingerprint density at radius 3 is 2.68 bits per heavy atom. The van der Waals surface area contributed by atoms with Crippen LogP contribution in [0.4, 0.5) is 5.69 Å². The summed E-state index contributed by atoms with van der Waals surface area (Å²) in [5, 5.41) is 5.75. The maximum Gasteiger partial charge on any atom is 0.329 e. The molecule has 8 nitrogen and oxygen atoms in total. The van der Waals surface area contributed by atoms with Gasteiger partial charge in [-0.15, -0.1) is 0 Å². The summed E-state index contributed by atoms with van der Waals surface area (Å²) in [5.74, 6) is -0.674. The molecular formula is C20H25N5O3. The van der Waals surface area contributed by atoms with Crippen molar-refractivity contribution in [2.45, 2.75) is 31.7 Å². The minimum absolute atomic E-state index is 0.222. The molecule has 0 bridgehead atoms. The van der Waals surface area contributed by atoms with Gasteiger partial charge in [0.1, 0.15) is 6.04 Å². The second-order valence-electron chi connectivity index (χ2n) is 8.48. The topological polar surface area (TPSA) is 88.4 Å². The van der Waals surface area contributed by atoms with Gasteiger partial charge in [-0.3, -0.25) is 24.0 Å². The van der Waals surface area contributed by atoms with Gasteiger partial charge in [0.2, 0.25) is 11.8 Å². The fourth-order valence-corrected chi connectivity index (χ4v) is 4.97. The minimum Gasteiger partial charge on any atom is -0.371 e. The number of imide groups is 1. The van der Waals surface area contributed by atoms with Crippen molar-refractivity contribution in [2.75, 3.05) is 31.1 Å². The first kappa shape index (κ1) is 17.5. The molecule has 148 valence electrons. The number of aromatic nitrogens is 2. The summed E-state index contributed by atoms with van der Waals surface area (Å²) in [6, 6.07) is 5.41. The van der Waals surface area contributed by atoms with Crippen molar-refractivity contribution >= 4 is 28.5 Å². The van der Waals surface area contributed by atoms with Gasteiger partial charge >= 0.3 is 5.69 Å². The molecule has 5 rings (SSSR count). The number of nitrogens with zero attached hydrogens (tertiary/aromatic N) is 3. The molecule has 0 saturated carbocycles. The van der Waals surface area contributed by atoms with Crippen LogP contribution >= 0.6 is 0 Å². The highest BCUT2D eigenvalue weighted by Gasteiger charge is 2.40. The van der Waals surface area contributed by atoms with E-state index in [1.807, 2.05) is 6.07 Å². The number of imidazole rings is 1. The molecule has 28 heavy (non-hydrogen) atoms. The lowest BCUT2D eigenvalue weighted by Gasteiger charge is -2.50. The fraction of sp³-hybridized carbons (Fsp3) is 0.550. The van der Waals surface area contributed by atoms with Gasteiger partial charge in [0.15, 0.2) is 0 Å². The van der Waals surface area contributed by atoms with Crippen LogP contribution in [0.2, 0.25) is 0 Å². The summed E-state index contributed by atoms with van der Waals surface area (Å²) in [6.45, 7) is 4.22. The van der Waals surface area contributed by atoms with Crippen molar-refractivity contribution in [1.82, 2.24) is 19.8 Å². The Labute approximate surface area is 162 Å². The Morgan fingerprint density at radius 1 is 1.14 bits per heavy atom. The van der Waals surface area contributed by atoms with Crippen molar-refractivity contribution < 1.29 is 9.59 Å². The number of rotatable bonds is 2. The van der Waals surface area contributed by atoms with E-state index in [1.165, 1.54) is 17.4 Å². The number of amides is 2. The van der Waals surface area contributed by atoms with Crippen molar-refractivity contribution in [1.29, 1.82) is 0 Å². The van der Waals surface area contributed by atoms with Crippen LogP contribution in [0.15, 0.2) is 23.0 Å². The summed E-state index contributed by atoms with van der Waals surface area (Å²) in [7, 11) is 1.74. The molecule has 3 aliphatic heterocycles. The second-order valence-corrected chi connectivity index (χ2v) is 8.48. The maximum atomic E-state index is 12.9. The molecule has 0 radical (unpaired) electrons. The number of carbonyl (C=O) groups excluding carboxylic acids is 2. The summed E-state index contributed by atoms with van der Waals surface area (Å²) < 4.78 is 3.14. The number of nitrogens with one attached hydrogen (secondary N) is 2. The van der Waals surface area contributed by atoms with Crippen LogP contribution in [-0.2, 0) is 16.6 Å².